The van der Waals surface area contributed by atoms with Crippen molar-refractivity contribution >= 4 is 11.8 Å². The molecule has 8 heteroatoms. The van der Waals surface area contributed by atoms with Crippen molar-refractivity contribution < 1.29 is 19.4 Å². The summed E-state index contributed by atoms with van der Waals surface area (Å²) in [5.74, 6) is 1.18. The van der Waals surface area contributed by atoms with Gasteiger partial charge < -0.3 is 19.6 Å². The fraction of sp³-hybridized carbons (Fsp3) is 0.652. The van der Waals surface area contributed by atoms with Crippen LogP contribution in [-0.4, -0.2) is 108 Å². The van der Waals surface area contributed by atoms with Crippen LogP contribution in [0.2, 0.25) is 0 Å². The van der Waals surface area contributed by atoms with Gasteiger partial charge >= 0.3 is 0 Å². The van der Waals surface area contributed by atoms with Crippen LogP contribution in [-0.2, 0) is 16.1 Å². The van der Waals surface area contributed by atoms with E-state index in [0.29, 0.717) is 26.1 Å². The second-order valence-electron chi connectivity index (χ2n) is 8.85. The highest BCUT2D eigenvalue weighted by Gasteiger charge is 2.36. The average molecular weight is 431 g/mol. The first kappa shape index (κ1) is 22.0. The molecule has 170 valence electrons. The average Bonchev–Trinajstić information content (AvgIpc) is 3.34. The number of carbonyl (C=O) groups excluding carboxylic acids is 2. The third-order valence-corrected chi connectivity index (χ3v) is 6.69. The SMILES string of the molecule is CC(=O)N1CCN([C@H]2CN(Cc3ccc(OCCN4CCCC4=O)cc3)C[C@@H]2O)CC1. The Balaban J connectivity index is 1.21. The Morgan fingerprint density at radius 2 is 1.84 bits per heavy atom. The van der Waals surface area contributed by atoms with E-state index in [0.717, 1.165) is 58.0 Å². The Kier molecular flexibility index (Phi) is 7.09. The molecule has 2 atom stereocenters. The Morgan fingerprint density at radius 1 is 1.10 bits per heavy atom. The van der Waals surface area contributed by atoms with Crippen LogP contribution in [0.5, 0.6) is 5.75 Å². The topological polar surface area (TPSA) is 76.6 Å². The van der Waals surface area contributed by atoms with Gasteiger partial charge in [0.25, 0.3) is 0 Å². The summed E-state index contributed by atoms with van der Waals surface area (Å²) in [5, 5.41) is 10.6. The van der Waals surface area contributed by atoms with Gasteiger partial charge in [-0.25, -0.2) is 0 Å². The fourth-order valence-corrected chi connectivity index (χ4v) is 4.87. The number of amides is 2. The van der Waals surface area contributed by atoms with E-state index in [1.54, 1.807) is 6.92 Å². The zero-order valence-electron chi connectivity index (χ0n) is 18.4. The number of hydrogen-bond donors (Lipinski definition) is 1. The first-order valence-electron chi connectivity index (χ1n) is 11.4. The third kappa shape index (κ3) is 5.56. The van der Waals surface area contributed by atoms with Crippen LogP contribution in [0.3, 0.4) is 0 Å². The maximum atomic E-state index is 11.6. The van der Waals surface area contributed by atoms with Crippen LogP contribution in [0, 0.1) is 0 Å². The minimum Gasteiger partial charge on any atom is -0.492 e. The number of piperazine rings is 1. The Morgan fingerprint density at radius 3 is 2.48 bits per heavy atom. The van der Waals surface area contributed by atoms with E-state index in [1.165, 1.54) is 5.56 Å². The summed E-state index contributed by atoms with van der Waals surface area (Å²) < 4.78 is 5.80. The van der Waals surface area contributed by atoms with Gasteiger partial charge in [0.1, 0.15) is 12.4 Å². The highest BCUT2D eigenvalue weighted by atomic mass is 16.5. The molecule has 1 aromatic carbocycles. The molecular weight excluding hydrogens is 396 g/mol. The number of benzene rings is 1. The monoisotopic (exact) mass is 430 g/mol. The molecule has 3 aliphatic rings. The number of carbonyl (C=O) groups is 2. The van der Waals surface area contributed by atoms with Crippen molar-refractivity contribution in [3.63, 3.8) is 0 Å². The summed E-state index contributed by atoms with van der Waals surface area (Å²) in [6.45, 7) is 9.05. The number of aliphatic hydroxyl groups is 1. The van der Waals surface area contributed by atoms with Crippen molar-refractivity contribution in [3.8, 4) is 5.75 Å². The highest BCUT2D eigenvalue weighted by molar-refractivity contribution is 5.78. The number of β-amino-alcohol motifs (C(OH)–C–C–N with tert-alkyl or cyclic N) is 1. The van der Waals surface area contributed by atoms with Gasteiger partial charge in [0.15, 0.2) is 0 Å². The lowest BCUT2D eigenvalue weighted by atomic mass is 10.1. The Bertz CT molecular complexity index is 763. The second-order valence-corrected chi connectivity index (χ2v) is 8.85. The van der Waals surface area contributed by atoms with Crippen LogP contribution in [0.25, 0.3) is 0 Å². The molecule has 0 radical (unpaired) electrons. The maximum Gasteiger partial charge on any atom is 0.222 e. The molecule has 0 aliphatic carbocycles. The molecule has 31 heavy (non-hydrogen) atoms. The van der Waals surface area contributed by atoms with E-state index in [9.17, 15) is 14.7 Å². The highest BCUT2D eigenvalue weighted by Crippen LogP contribution is 2.21. The molecule has 0 bridgehead atoms. The van der Waals surface area contributed by atoms with Gasteiger partial charge in [-0.15, -0.1) is 0 Å². The summed E-state index contributed by atoms with van der Waals surface area (Å²) in [5.41, 5.74) is 1.19. The van der Waals surface area contributed by atoms with Crippen molar-refractivity contribution in [2.75, 3.05) is 59.0 Å². The lowest BCUT2D eigenvalue weighted by molar-refractivity contribution is -0.131. The van der Waals surface area contributed by atoms with Crippen LogP contribution < -0.4 is 4.74 Å². The largest absolute Gasteiger partial charge is 0.492 e. The minimum atomic E-state index is -0.361. The Labute approximate surface area is 184 Å². The molecule has 4 rings (SSSR count). The van der Waals surface area contributed by atoms with Crippen LogP contribution in [0.4, 0.5) is 0 Å². The van der Waals surface area contributed by atoms with Gasteiger partial charge in [0.2, 0.25) is 11.8 Å². The summed E-state index contributed by atoms with van der Waals surface area (Å²) in [4.78, 5) is 31.5. The molecule has 3 aliphatic heterocycles. The number of nitrogens with zero attached hydrogens (tertiary/aromatic N) is 4. The molecule has 1 N–H and O–H groups in total. The molecule has 0 unspecified atom stereocenters. The van der Waals surface area contributed by atoms with Gasteiger partial charge in [-0.3, -0.25) is 19.4 Å². The van der Waals surface area contributed by atoms with Crippen molar-refractivity contribution in [3.05, 3.63) is 29.8 Å². The number of rotatable bonds is 7. The van der Waals surface area contributed by atoms with E-state index in [-0.39, 0.29) is 24.0 Å². The summed E-state index contributed by atoms with van der Waals surface area (Å²) in [6, 6.07) is 8.23. The Hall–Kier alpha value is -2.16. The normalized spacial score (nSPS) is 25.4. The zero-order chi connectivity index (χ0) is 21.8. The third-order valence-electron chi connectivity index (χ3n) is 6.69. The smallest absolute Gasteiger partial charge is 0.222 e. The van der Waals surface area contributed by atoms with E-state index in [4.69, 9.17) is 4.74 Å². The lowest BCUT2D eigenvalue weighted by Crippen LogP contribution is -2.54. The predicted molar refractivity (Wildman–Crippen MR) is 117 cm³/mol. The van der Waals surface area contributed by atoms with Crippen molar-refractivity contribution in [2.24, 2.45) is 0 Å². The van der Waals surface area contributed by atoms with E-state index in [1.807, 2.05) is 21.9 Å². The van der Waals surface area contributed by atoms with E-state index < -0.39 is 0 Å². The van der Waals surface area contributed by atoms with Gasteiger partial charge in [-0.2, -0.15) is 0 Å². The fourth-order valence-electron chi connectivity index (χ4n) is 4.87. The molecule has 2 amide bonds. The number of ether oxygens (including phenoxy) is 1. The summed E-state index contributed by atoms with van der Waals surface area (Å²) >= 11 is 0. The van der Waals surface area contributed by atoms with E-state index in [2.05, 4.69) is 21.9 Å². The van der Waals surface area contributed by atoms with Gasteiger partial charge in [-0.05, 0) is 24.1 Å². The van der Waals surface area contributed by atoms with Gasteiger partial charge in [0, 0.05) is 71.7 Å². The first-order valence-corrected chi connectivity index (χ1v) is 11.4. The quantitative estimate of drug-likeness (QED) is 0.675. The second kappa shape index (κ2) is 9.97. The van der Waals surface area contributed by atoms with Crippen molar-refractivity contribution in [1.82, 2.24) is 19.6 Å². The molecule has 0 aromatic heterocycles. The van der Waals surface area contributed by atoms with Gasteiger partial charge in [0.05, 0.1) is 12.6 Å². The molecule has 0 saturated carbocycles. The van der Waals surface area contributed by atoms with Gasteiger partial charge in [-0.1, -0.05) is 12.1 Å². The minimum absolute atomic E-state index is 0.130. The number of likely N-dealkylation sites (tertiary alicyclic amines) is 2. The van der Waals surface area contributed by atoms with Crippen LogP contribution in [0.1, 0.15) is 25.3 Å². The van der Waals surface area contributed by atoms with Crippen LogP contribution >= 0.6 is 0 Å². The van der Waals surface area contributed by atoms with E-state index >= 15 is 0 Å². The van der Waals surface area contributed by atoms with Crippen molar-refractivity contribution in [1.29, 1.82) is 0 Å². The predicted octanol–water partition coefficient (Wildman–Crippen LogP) is 0.397. The van der Waals surface area contributed by atoms with Crippen LogP contribution in [0.15, 0.2) is 24.3 Å². The molecule has 8 nitrogen and oxygen atoms in total. The standard InChI is InChI=1S/C23H34N4O4/c1-18(28)25-9-11-26(12-10-25)21-16-24(17-22(21)29)15-19-4-6-20(7-5-19)31-14-13-27-8-2-3-23(27)30/h4-7,21-22,29H,2-3,8-17H2,1H3/t21-,22-/m0/s1. The molecule has 3 heterocycles. The maximum absolute atomic E-state index is 11.6. The zero-order valence-corrected chi connectivity index (χ0v) is 18.4. The van der Waals surface area contributed by atoms with Crippen molar-refractivity contribution in [2.45, 2.75) is 38.5 Å². The first-order chi connectivity index (χ1) is 15.0. The summed E-state index contributed by atoms with van der Waals surface area (Å²) in [7, 11) is 0. The molecule has 0 spiro atoms. The lowest BCUT2D eigenvalue weighted by Gasteiger charge is -2.38. The molecular formula is C23H34N4O4. The number of hydrogen-bond acceptors (Lipinski definition) is 6. The molecule has 1 aromatic rings. The summed E-state index contributed by atoms with van der Waals surface area (Å²) in [6.07, 6.45) is 1.25. The molecule has 3 fully saturated rings. The number of aliphatic hydroxyl groups excluding tert-OH is 1. The molecule has 3 saturated heterocycles.